The fourth-order valence-electron chi connectivity index (χ4n) is 5.92. The summed E-state index contributed by atoms with van der Waals surface area (Å²) >= 11 is 1.68. The fraction of sp³-hybridized carbons (Fsp3) is 0.0811. The minimum atomic E-state index is -0.0263. The van der Waals surface area contributed by atoms with Crippen molar-refractivity contribution in [3.05, 3.63) is 143 Å². The van der Waals surface area contributed by atoms with Gasteiger partial charge in [0.05, 0.1) is 11.0 Å². The summed E-state index contributed by atoms with van der Waals surface area (Å²) in [6, 6.07) is 40.4. The van der Waals surface area contributed by atoms with E-state index in [1.807, 2.05) is 24.3 Å². The molecule has 0 saturated carbocycles. The zero-order chi connectivity index (χ0) is 27.2. The van der Waals surface area contributed by atoms with Gasteiger partial charge in [-0.05, 0) is 77.2 Å². The van der Waals surface area contributed by atoms with E-state index in [1.165, 1.54) is 43.4 Å². The predicted molar refractivity (Wildman–Crippen MR) is 169 cm³/mol. The lowest BCUT2D eigenvalue weighted by Crippen LogP contribution is -2.31. The summed E-state index contributed by atoms with van der Waals surface area (Å²) in [4.78, 5) is 2.17. The number of nitrogens with zero attached hydrogens (tertiary/aromatic N) is 1. The minimum Gasteiger partial charge on any atom is -0.309 e. The van der Waals surface area contributed by atoms with Gasteiger partial charge in [0.2, 0.25) is 0 Å². The molecule has 0 radical (unpaired) electrons. The number of thioether (sulfide) groups is 1. The maximum absolute atomic E-state index is 14.4. The molecule has 0 amide bonds. The third-order valence-corrected chi connectivity index (χ3v) is 9.07. The molecule has 6 aromatic rings. The average Bonchev–Trinajstić information content (AvgIpc) is 3.32. The first-order chi connectivity index (χ1) is 19.6. The number of fused-ring (bicyclic) bond motifs is 4. The van der Waals surface area contributed by atoms with E-state index in [0.29, 0.717) is 18.1 Å². The lowest BCUT2D eigenvalue weighted by atomic mass is 9.99. The van der Waals surface area contributed by atoms with E-state index in [0.717, 1.165) is 21.4 Å². The van der Waals surface area contributed by atoms with Crippen LogP contribution in [0.5, 0.6) is 0 Å². The highest BCUT2D eigenvalue weighted by Crippen LogP contribution is 2.39. The number of para-hydroxylation sites is 2. The van der Waals surface area contributed by atoms with Crippen molar-refractivity contribution in [2.45, 2.75) is 24.7 Å². The molecule has 1 aromatic heterocycles. The van der Waals surface area contributed by atoms with E-state index in [4.69, 9.17) is 0 Å². The first-order valence-corrected chi connectivity index (χ1v) is 14.4. The Kier molecular flexibility index (Phi) is 6.17. The van der Waals surface area contributed by atoms with Crippen LogP contribution in [0, 0.1) is 6.92 Å². The first kappa shape index (κ1) is 24.7. The van der Waals surface area contributed by atoms with Gasteiger partial charge < -0.3 is 4.57 Å². The molecule has 0 N–H and O–H groups in total. The summed E-state index contributed by atoms with van der Waals surface area (Å²) in [5, 5.41) is 4.18. The summed E-state index contributed by atoms with van der Waals surface area (Å²) in [7, 11) is 0. The molecule has 1 heterocycles. The van der Waals surface area contributed by atoms with Crippen molar-refractivity contribution in [3.63, 3.8) is 0 Å². The average molecular weight is 538 g/mol. The highest BCUT2D eigenvalue weighted by molar-refractivity contribution is 8.03. The second kappa shape index (κ2) is 10.0. The zero-order valence-corrected chi connectivity index (χ0v) is 23.1. The van der Waals surface area contributed by atoms with Crippen LogP contribution >= 0.6 is 11.8 Å². The number of hydrogen-bond acceptors (Lipinski definition) is 1. The summed E-state index contributed by atoms with van der Waals surface area (Å²) in [6.07, 6.45) is 1.12. The Morgan fingerprint density at radius 2 is 1.38 bits per heavy atom. The number of benzene rings is 5. The van der Waals surface area contributed by atoms with Gasteiger partial charge in [-0.2, -0.15) is 0 Å². The third-order valence-electron chi connectivity index (χ3n) is 7.90. The van der Waals surface area contributed by atoms with Gasteiger partial charge in [0.25, 0.3) is 0 Å². The van der Waals surface area contributed by atoms with E-state index in [1.54, 1.807) is 11.8 Å². The van der Waals surface area contributed by atoms with E-state index < -0.39 is 0 Å². The van der Waals surface area contributed by atoms with Gasteiger partial charge in [0.15, 0.2) is 0 Å². The standard InChI is InChI=1S/C37H28FNS/c1-24-22-26(17-21-37(24)40-25(2)29-18-19-34(38)31-13-7-6-12-30(29)31)27-16-20-36-33(23-27)32-14-8-9-15-35(32)39(36)28-10-4-3-5-11-28/h3-17,20-23H,2,18-19H2,1H3. The van der Waals surface area contributed by atoms with Gasteiger partial charge in [-0.1, -0.05) is 97.2 Å². The summed E-state index contributed by atoms with van der Waals surface area (Å²) < 4.78 is 16.8. The van der Waals surface area contributed by atoms with Crippen molar-refractivity contribution in [2.24, 2.45) is 0 Å². The molecule has 0 bridgehead atoms. The molecule has 0 atom stereocenters. The quantitative estimate of drug-likeness (QED) is 0.199. The molecule has 1 nitrogen and oxygen atoms in total. The number of allylic oxidation sites excluding steroid dienone is 1. The molecule has 0 saturated heterocycles. The van der Waals surface area contributed by atoms with Crippen LogP contribution in [0.3, 0.4) is 0 Å². The van der Waals surface area contributed by atoms with E-state index in [9.17, 15) is 4.39 Å². The van der Waals surface area contributed by atoms with Crippen LogP contribution in [0.25, 0.3) is 50.0 Å². The molecule has 3 heteroatoms. The van der Waals surface area contributed by atoms with Gasteiger partial charge in [-0.15, -0.1) is 0 Å². The van der Waals surface area contributed by atoms with E-state index in [-0.39, 0.29) is 5.83 Å². The Morgan fingerprint density at radius 1 is 0.700 bits per heavy atom. The molecule has 1 aliphatic carbocycles. The number of hydrogen-bond donors (Lipinski definition) is 0. The summed E-state index contributed by atoms with van der Waals surface area (Å²) in [5.41, 5.74) is 8.32. The monoisotopic (exact) mass is 537 g/mol. The molecular formula is C37H28FNS. The third kappa shape index (κ3) is 4.18. The predicted octanol–water partition coefficient (Wildman–Crippen LogP) is 9.09. The normalized spacial score (nSPS) is 13.2. The van der Waals surface area contributed by atoms with Crippen LogP contribution < -0.4 is 10.4 Å². The fourth-order valence-corrected chi connectivity index (χ4v) is 6.88. The Bertz CT molecular complexity index is 2070. The van der Waals surface area contributed by atoms with Crippen molar-refractivity contribution in [1.29, 1.82) is 0 Å². The maximum atomic E-state index is 14.4. The van der Waals surface area contributed by atoms with Gasteiger partial charge in [0, 0.05) is 37.9 Å². The van der Waals surface area contributed by atoms with Crippen LogP contribution in [0.15, 0.2) is 132 Å². The highest BCUT2D eigenvalue weighted by atomic mass is 32.2. The Hall–Kier alpha value is -4.34. The van der Waals surface area contributed by atoms with Crippen molar-refractivity contribution in [1.82, 2.24) is 4.57 Å². The minimum absolute atomic E-state index is 0.0263. The van der Waals surface area contributed by atoms with Gasteiger partial charge >= 0.3 is 0 Å². The molecule has 7 rings (SSSR count). The molecule has 1 aliphatic rings. The van der Waals surface area contributed by atoms with E-state index in [2.05, 4.69) is 109 Å². The van der Waals surface area contributed by atoms with Gasteiger partial charge in [0.1, 0.15) is 5.83 Å². The van der Waals surface area contributed by atoms with Crippen molar-refractivity contribution in [3.8, 4) is 16.8 Å². The molecular weight excluding hydrogens is 509 g/mol. The van der Waals surface area contributed by atoms with Crippen LogP contribution in [0.1, 0.15) is 18.4 Å². The molecule has 5 aromatic carbocycles. The lowest BCUT2D eigenvalue weighted by molar-refractivity contribution is 0.693. The molecule has 0 spiro atoms. The molecule has 40 heavy (non-hydrogen) atoms. The van der Waals surface area contributed by atoms with Crippen molar-refractivity contribution in [2.75, 3.05) is 0 Å². The Morgan fingerprint density at radius 3 is 2.20 bits per heavy atom. The zero-order valence-electron chi connectivity index (χ0n) is 22.3. The van der Waals surface area contributed by atoms with Crippen LogP contribution in [-0.4, -0.2) is 4.57 Å². The smallest absolute Gasteiger partial charge is 0.108 e. The van der Waals surface area contributed by atoms with Crippen LogP contribution in [0.2, 0.25) is 0 Å². The van der Waals surface area contributed by atoms with Gasteiger partial charge in [-0.25, -0.2) is 4.39 Å². The second-order valence-electron chi connectivity index (χ2n) is 10.4. The Balaban J connectivity index is 1.25. The van der Waals surface area contributed by atoms with Gasteiger partial charge in [-0.3, -0.25) is 0 Å². The first-order valence-electron chi connectivity index (χ1n) is 13.6. The lowest BCUT2D eigenvalue weighted by Gasteiger charge is -2.16. The highest BCUT2D eigenvalue weighted by Gasteiger charge is 2.16. The number of aryl methyl sites for hydroxylation is 1. The number of rotatable bonds is 5. The SMILES string of the molecule is C=C(Sc1ccc(-c2ccc3c(c2)c2ccccc2n3-c2ccccc2)cc1C)C1=c2ccccc2=C(F)CC1. The van der Waals surface area contributed by atoms with Crippen LogP contribution in [0.4, 0.5) is 4.39 Å². The summed E-state index contributed by atoms with van der Waals surface area (Å²) in [5.74, 6) is -0.0263. The number of halogens is 1. The Labute approximate surface area is 237 Å². The second-order valence-corrected chi connectivity index (χ2v) is 11.5. The van der Waals surface area contributed by atoms with Crippen molar-refractivity contribution >= 4 is 45.0 Å². The maximum Gasteiger partial charge on any atom is 0.108 e. The molecule has 0 fully saturated rings. The topological polar surface area (TPSA) is 4.93 Å². The summed E-state index contributed by atoms with van der Waals surface area (Å²) in [6.45, 7) is 6.56. The largest absolute Gasteiger partial charge is 0.309 e. The molecule has 0 aliphatic heterocycles. The number of aromatic nitrogens is 1. The van der Waals surface area contributed by atoms with E-state index >= 15 is 0 Å². The van der Waals surface area contributed by atoms with Crippen LogP contribution in [-0.2, 0) is 0 Å². The molecule has 0 unspecified atom stereocenters. The molecule has 194 valence electrons. The van der Waals surface area contributed by atoms with Crippen molar-refractivity contribution < 1.29 is 4.39 Å².